The monoisotopic (exact) mass is 284 g/mol. The van der Waals surface area contributed by atoms with Crippen LogP contribution in [0.1, 0.15) is 6.42 Å². The van der Waals surface area contributed by atoms with Crippen molar-refractivity contribution in [3.63, 3.8) is 0 Å². The highest BCUT2D eigenvalue weighted by molar-refractivity contribution is 5.71. The topological polar surface area (TPSA) is 71.9 Å². The van der Waals surface area contributed by atoms with Gasteiger partial charge in [0.25, 0.3) is 0 Å². The van der Waals surface area contributed by atoms with Crippen LogP contribution >= 0.6 is 0 Å². The molecule has 110 valence electrons. The van der Waals surface area contributed by atoms with Crippen molar-refractivity contribution < 1.29 is 23.8 Å². The van der Waals surface area contributed by atoms with Crippen molar-refractivity contribution in [3.05, 3.63) is 18.1 Å². The highest BCUT2D eigenvalue weighted by Gasteiger charge is 2.29. The Hall–Kier alpha value is -1.89. The van der Waals surface area contributed by atoms with Crippen LogP contribution in [0.2, 0.25) is 0 Å². The van der Waals surface area contributed by atoms with Gasteiger partial charge in [-0.15, -0.1) is 0 Å². The zero-order valence-electron chi connectivity index (χ0n) is 11.2. The molecule has 1 N–H and O–H groups in total. The largest absolute Gasteiger partial charge is 0.491 e. The fourth-order valence-electron chi connectivity index (χ4n) is 2.12. The molecular weight excluding hydrogens is 267 g/mol. The van der Waals surface area contributed by atoms with E-state index in [0.717, 1.165) is 0 Å². The Morgan fingerprint density at radius 1 is 1.55 bits per heavy atom. The van der Waals surface area contributed by atoms with Crippen molar-refractivity contribution in [1.29, 1.82) is 0 Å². The minimum Gasteiger partial charge on any atom is -0.491 e. The Balaban J connectivity index is 2.06. The molecule has 7 heteroatoms. The predicted molar refractivity (Wildman–Crippen MR) is 69.5 cm³/mol. The van der Waals surface area contributed by atoms with Gasteiger partial charge in [-0.1, -0.05) is 0 Å². The minimum atomic E-state index is -0.833. The number of carbonyl (C=O) groups is 1. The zero-order valence-corrected chi connectivity index (χ0v) is 11.2. The van der Waals surface area contributed by atoms with E-state index in [1.54, 1.807) is 18.1 Å². The van der Waals surface area contributed by atoms with E-state index >= 15 is 0 Å². The normalized spacial score (nSPS) is 18.3. The number of halogens is 1. The summed E-state index contributed by atoms with van der Waals surface area (Å²) in [6, 6.07) is 2.81. The van der Waals surface area contributed by atoms with E-state index in [-0.39, 0.29) is 0 Å². The third kappa shape index (κ3) is 3.57. The van der Waals surface area contributed by atoms with Gasteiger partial charge in [-0.05, 0) is 6.42 Å². The van der Waals surface area contributed by atoms with Crippen molar-refractivity contribution in [2.75, 3.05) is 38.3 Å². The van der Waals surface area contributed by atoms with Crippen molar-refractivity contribution in [1.82, 2.24) is 4.98 Å². The van der Waals surface area contributed by atoms with E-state index in [0.29, 0.717) is 44.3 Å². The number of pyridine rings is 1. The molecule has 0 saturated carbocycles. The van der Waals surface area contributed by atoms with E-state index in [1.807, 2.05) is 0 Å². The molecule has 1 aliphatic heterocycles. The molecule has 0 aromatic carbocycles. The molecule has 2 heterocycles. The predicted octanol–water partition coefficient (Wildman–Crippen LogP) is 1.16. The second kappa shape index (κ2) is 6.51. The maximum atomic E-state index is 13.5. The van der Waals surface area contributed by atoms with Gasteiger partial charge in [0, 0.05) is 32.3 Å². The maximum absolute atomic E-state index is 13.5. The number of hydrogen-bond acceptors (Lipinski definition) is 5. The van der Waals surface area contributed by atoms with Crippen LogP contribution in [-0.2, 0) is 9.53 Å². The highest BCUT2D eigenvalue weighted by Crippen LogP contribution is 2.26. The first-order valence-electron chi connectivity index (χ1n) is 6.37. The summed E-state index contributed by atoms with van der Waals surface area (Å²) < 4.78 is 23.7. The molecule has 1 fully saturated rings. The number of methoxy groups -OCH3 is 1. The Morgan fingerprint density at radius 3 is 3.00 bits per heavy atom. The number of aromatic nitrogens is 1. The fraction of sp³-hybridized carbons (Fsp3) is 0.538. The van der Waals surface area contributed by atoms with E-state index in [2.05, 4.69) is 4.98 Å². The molecular formula is C13H17FN2O4. The van der Waals surface area contributed by atoms with Crippen molar-refractivity contribution >= 4 is 11.8 Å². The van der Waals surface area contributed by atoms with E-state index < -0.39 is 17.8 Å². The van der Waals surface area contributed by atoms with Gasteiger partial charge >= 0.3 is 5.97 Å². The lowest BCUT2D eigenvalue weighted by Gasteiger charge is -2.17. The van der Waals surface area contributed by atoms with Gasteiger partial charge in [-0.3, -0.25) is 4.79 Å². The number of rotatable bonds is 6. The van der Waals surface area contributed by atoms with Gasteiger partial charge in [0.15, 0.2) is 0 Å². The smallest absolute Gasteiger partial charge is 0.308 e. The van der Waals surface area contributed by atoms with Gasteiger partial charge < -0.3 is 19.5 Å². The minimum absolute atomic E-state index is 0.317. The summed E-state index contributed by atoms with van der Waals surface area (Å²) in [6.45, 7) is 1.61. The summed E-state index contributed by atoms with van der Waals surface area (Å²) in [5.41, 5.74) is 0. The molecule has 0 aliphatic carbocycles. The summed E-state index contributed by atoms with van der Waals surface area (Å²) in [7, 11) is 1.55. The second-order valence-electron chi connectivity index (χ2n) is 4.59. The number of nitrogens with zero attached hydrogens (tertiary/aromatic N) is 2. The third-order valence-corrected chi connectivity index (χ3v) is 3.17. The highest BCUT2D eigenvalue weighted by atomic mass is 19.1. The molecule has 0 amide bonds. The Bertz CT molecular complexity index is 483. The van der Waals surface area contributed by atoms with Crippen LogP contribution in [0, 0.1) is 11.9 Å². The van der Waals surface area contributed by atoms with Crippen LogP contribution in [0.25, 0.3) is 0 Å². The lowest BCUT2D eigenvalue weighted by atomic mass is 10.1. The standard InChI is InChI=1S/C13H17FN2O4/c1-19-4-5-20-10-6-11(14)15-12(7-10)16-3-2-9(8-16)13(17)18/h6-7,9H,2-5,8H2,1H3,(H,17,18). The molecule has 0 spiro atoms. The molecule has 0 radical (unpaired) electrons. The van der Waals surface area contributed by atoms with Gasteiger partial charge in [0.1, 0.15) is 18.2 Å². The van der Waals surface area contributed by atoms with Crippen molar-refractivity contribution in [2.24, 2.45) is 5.92 Å². The summed E-state index contributed by atoms with van der Waals surface area (Å²) in [4.78, 5) is 16.5. The van der Waals surface area contributed by atoms with Crippen LogP contribution in [0.4, 0.5) is 10.2 Å². The Labute approximate surface area is 116 Å². The summed E-state index contributed by atoms with van der Waals surface area (Å²) in [6.07, 6.45) is 0.535. The summed E-state index contributed by atoms with van der Waals surface area (Å²) >= 11 is 0. The van der Waals surface area contributed by atoms with Crippen molar-refractivity contribution in [2.45, 2.75) is 6.42 Å². The van der Waals surface area contributed by atoms with Crippen LogP contribution in [0.3, 0.4) is 0 Å². The maximum Gasteiger partial charge on any atom is 0.308 e. The van der Waals surface area contributed by atoms with E-state index in [1.165, 1.54) is 6.07 Å². The van der Waals surface area contributed by atoms with Crippen LogP contribution < -0.4 is 9.64 Å². The molecule has 1 unspecified atom stereocenters. The van der Waals surface area contributed by atoms with E-state index in [9.17, 15) is 9.18 Å². The van der Waals surface area contributed by atoms with Gasteiger partial charge in [0.2, 0.25) is 5.95 Å². The molecule has 20 heavy (non-hydrogen) atoms. The molecule has 1 saturated heterocycles. The second-order valence-corrected chi connectivity index (χ2v) is 4.59. The quantitative estimate of drug-likeness (QED) is 0.624. The Kier molecular flexibility index (Phi) is 4.73. The number of anilines is 1. The molecule has 1 aromatic heterocycles. The van der Waals surface area contributed by atoms with Crippen molar-refractivity contribution in [3.8, 4) is 5.75 Å². The van der Waals surface area contributed by atoms with Crippen LogP contribution in [0.15, 0.2) is 12.1 Å². The van der Waals surface area contributed by atoms with E-state index in [4.69, 9.17) is 14.6 Å². The average molecular weight is 284 g/mol. The molecule has 2 rings (SSSR count). The van der Waals surface area contributed by atoms with Crippen LogP contribution in [-0.4, -0.2) is 49.5 Å². The number of hydrogen-bond donors (Lipinski definition) is 1. The summed E-state index contributed by atoms with van der Waals surface area (Å²) in [5, 5.41) is 8.97. The molecule has 1 atom stereocenters. The lowest BCUT2D eigenvalue weighted by Crippen LogP contribution is -2.23. The SMILES string of the molecule is COCCOc1cc(F)nc(N2CCC(C(=O)O)C2)c1. The molecule has 0 bridgehead atoms. The molecule has 6 nitrogen and oxygen atoms in total. The lowest BCUT2D eigenvalue weighted by molar-refractivity contribution is -0.140. The average Bonchev–Trinajstić information content (AvgIpc) is 2.88. The van der Waals surface area contributed by atoms with Gasteiger partial charge in [-0.2, -0.15) is 4.39 Å². The Morgan fingerprint density at radius 2 is 2.35 bits per heavy atom. The first-order valence-corrected chi connectivity index (χ1v) is 6.37. The number of carboxylic acids is 1. The number of aliphatic carboxylic acids is 1. The van der Waals surface area contributed by atoms with Gasteiger partial charge in [0.05, 0.1) is 12.5 Å². The summed E-state index contributed by atoms with van der Waals surface area (Å²) in [5.74, 6) is -1.14. The number of ether oxygens (including phenoxy) is 2. The molecule has 1 aromatic rings. The van der Waals surface area contributed by atoms with Crippen LogP contribution in [0.5, 0.6) is 5.75 Å². The zero-order chi connectivity index (χ0) is 14.5. The number of carboxylic acid groups (broad SMARTS) is 1. The van der Waals surface area contributed by atoms with Gasteiger partial charge in [-0.25, -0.2) is 4.98 Å². The first-order chi connectivity index (χ1) is 9.60. The molecule has 1 aliphatic rings. The third-order valence-electron chi connectivity index (χ3n) is 3.17. The fourth-order valence-corrected chi connectivity index (χ4v) is 2.12. The first kappa shape index (κ1) is 14.5.